The second kappa shape index (κ2) is 8.88. The number of likely N-dealkylation sites (N-methyl/N-ethyl adjacent to an activating group) is 1. The summed E-state index contributed by atoms with van der Waals surface area (Å²) >= 11 is 0. The van der Waals surface area contributed by atoms with Crippen LogP contribution in [0.2, 0.25) is 0 Å². The lowest BCUT2D eigenvalue weighted by Crippen LogP contribution is -2.56. The van der Waals surface area contributed by atoms with E-state index in [-0.39, 0.29) is 11.9 Å². The van der Waals surface area contributed by atoms with Crippen LogP contribution in [0.3, 0.4) is 0 Å². The Morgan fingerprint density at radius 1 is 1.29 bits per heavy atom. The zero-order chi connectivity index (χ0) is 20.1. The number of carbonyl (C=O) groups excluding carboxylic acids is 1. The molecule has 8 nitrogen and oxygen atoms in total. The number of nitrogens with zero attached hydrogens (tertiary/aromatic N) is 6. The maximum absolute atomic E-state index is 12.7. The van der Waals surface area contributed by atoms with E-state index in [0.717, 1.165) is 18.2 Å². The number of guanidine groups is 1. The minimum Gasteiger partial charge on any atom is -0.354 e. The lowest BCUT2D eigenvalue weighted by atomic mass is 10.1. The van der Waals surface area contributed by atoms with Crippen LogP contribution in [0.25, 0.3) is 0 Å². The fraction of sp³-hybridized carbons (Fsp3) is 0.450. The van der Waals surface area contributed by atoms with Crippen LogP contribution in [0.4, 0.5) is 5.69 Å². The summed E-state index contributed by atoms with van der Waals surface area (Å²) in [6.45, 7) is 2.34. The molecule has 0 spiro atoms. The normalized spacial score (nSPS) is 16.6. The summed E-state index contributed by atoms with van der Waals surface area (Å²) in [5.41, 5.74) is 2.08. The van der Waals surface area contributed by atoms with Gasteiger partial charge in [-0.1, -0.05) is 30.3 Å². The third-order valence-electron chi connectivity index (χ3n) is 5.00. The predicted octanol–water partition coefficient (Wildman–Crippen LogP) is 0.947. The molecule has 2 aromatic rings. The number of benzene rings is 1. The monoisotopic (exact) mass is 383 g/mol. The maximum Gasteiger partial charge on any atom is 0.246 e. The second-order valence-corrected chi connectivity index (χ2v) is 7.16. The van der Waals surface area contributed by atoms with Gasteiger partial charge in [-0.3, -0.25) is 14.5 Å². The van der Waals surface area contributed by atoms with Gasteiger partial charge in [0.1, 0.15) is 6.54 Å². The molecule has 1 saturated heterocycles. The summed E-state index contributed by atoms with van der Waals surface area (Å²) < 4.78 is 1.71. The Morgan fingerprint density at radius 3 is 2.61 bits per heavy atom. The van der Waals surface area contributed by atoms with E-state index in [2.05, 4.69) is 58.7 Å². The summed E-state index contributed by atoms with van der Waals surface area (Å²) in [4.78, 5) is 23.0. The van der Waals surface area contributed by atoms with Crippen LogP contribution in [0.15, 0.2) is 47.7 Å². The Bertz CT molecular complexity index is 815. The first kappa shape index (κ1) is 19.9. The van der Waals surface area contributed by atoms with Gasteiger partial charge >= 0.3 is 0 Å². The van der Waals surface area contributed by atoms with Gasteiger partial charge in [-0.25, -0.2) is 0 Å². The van der Waals surface area contributed by atoms with E-state index in [1.165, 1.54) is 5.56 Å². The smallest absolute Gasteiger partial charge is 0.246 e. The Balaban J connectivity index is 1.62. The fourth-order valence-electron chi connectivity index (χ4n) is 3.47. The number of anilines is 1. The molecule has 1 aliphatic rings. The van der Waals surface area contributed by atoms with Crippen LogP contribution >= 0.6 is 0 Å². The molecule has 1 N–H and O–H groups in total. The van der Waals surface area contributed by atoms with E-state index in [1.54, 1.807) is 22.8 Å². The molecule has 1 atom stereocenters. The van der Waals surface area contributed by atoms with Gasteiger partial charge in [-0.2, -0.15) is 5.10 Å². The van der Waals surface area contributed by atoms with E-state index in [0.29, 0.717) is 19.6 Å². The van der Waals surface area contributed by atoms with Crippen LogP contribution in [-0.2, 0) is 11.8 Å². The Kier molecular flexibility index (Phi) is 6.30. The highest BCUT2D eigenvalue weighted by Gasteiger charge is 2.28. The molecular weight excluding hydrogens is 354 g/mol. The first-order valence-electron chi connectivity index (χ1n) is 9.45. The third kappa shape index (κ3) is 4.51. The molecule has 1 aliphatic heterocycles. The average Bonchev–Trinajstić information content (AvgIpc) is 3.11. The van der Waals surface area contributed by atoms with Crippen molar-refractivity contribution in [3.05, 3.63) is 48.3 Å². The lowest BCUT2D eigenvalue weighted by molar-refractivity contribution is -0.120. The summed E-state index contributed by atoms with van der Waals surface area (Å²) in [5, 5.41) is 7.60. The molecule has 150 valence electrons. The van der Waals surface area contributed by atoms with Crippen molar-refractivity contribution >= 4 is 17.6 Å². The van der Waals surface area contributed by atoms with Crippen molar-refractivity contribution < 1.29 is 4.79 Å². The van der Waals surface area contributed by atoms with Crippen molar-refractivity contribution in [2.75, 3.05) is 52.2 Å². The van der Waals surface area contributed by atoms with E-state index in [1.807, 2.05) is 24.2 Å². The van der Waals surface area contributed by atoms with Gasteiger partial charge in [0.15, 0.2) is 5.96 Å². The van der Waals surface area contributed by atoms with Gasteiger partial charge in [-0.05, 0) is 19.7 Å². The minimum atomic E-state index is 0.0504. The number of amides is 1. The largest absolute Gasteiger partial charge is 0.354 e. The topological polar surface area (TPSA) is 69.0 Å². The zero-order valence-corrected chi connectivity index (χ0v) is 17.0. The van der Waals surface area contributed by atoms with Gasteiger partial charge in [0, 0.05) is 39.9 Å². The molecule has 1 amide bonds. The van der Waals surface area contributed by atoms with Gasteiger partial charge in [0.25, 0.3) is 0 Å². The van der Waals surface area contributed by atoms with Gasteiger partial charge in [-0.15, -0.1) is 0 Å². The number of aromatic nitrogens is 2. The summed E-state index contributed by atoms with van der Waals surface area (Å²) in [7, 11) is 7.74. The highest BCUT2D eigenvalue weighted by atomic mass is 16.2. The molecule has 0 aliphatic carbocycles. The fourth-order valence-corrected chi connectivity index (χ4v) is 3.47. The molecule has 1 fully saturated rings. The third-order valence-corrected chi connectivity index (χ3v) is 5.00. The van der Waals surface area contributed by atoms with Gasteiger partial charge < -0.3 is 20.0 Å². The van der Waals surface area contributed by atoms with Gasteiger partial charge in [0.2, 0.25) is 5.91 Å². The van der Waals surface area contributed by atoms with Crippen molar-refractivity contribution in [2.45, 2.75) is 6.04 Å². The molecule has 0 bridgehead atoms. The molecule has 0 saturated carbocycles. The summed E-state index contributed by atoms with van der Waals surface area (Å²) in [6, 6.07) is 10.6. The van der Waals surface area contributed by atoms with E-state index in [9.17, 15) is 4.79 Å². The van der Waals surface area contributed by atoms with Crippen LogP contribution in [-0.4, -0.2) is 78.8 Å². The van der Waals surface area contributed by atoms with Crippen molar-refractivity contribution in [1.82, 2.24) is 24.9 Å². The van der Waals surface area contributed by atoms with Crippen molar-refractivity contribution in [2.24, 2.45) is 12.0 Å². The second-order valence-electron chi connectivity index (χ2n) is 7.16. The molecule has 8 heteroatoms. The van der Waals surface area contributed by atoms with Crippen LogP contribution in [0, 0.1) is 0 Å². The standard InChI is InChI=1S/C20H29N7O/c1-21-20(22-13-18(24(2)3)16-8-6-5-7-9-16)26-10-11-27(19(28)15-26)17-12-23-25(4)14-17/h5-9,12,14,18H,10-11,13,15H2,1-4H3,(H,21,22). The van der Waals surface area contributed by atoms with Crippen LogP contribution < -0.4 is 10.2 Å². The Morgan fingerprint density at radius 2 is 2.04 bits per heavy atom. The number of aryl methyl sites for hydroxylation is 1. The van der Waals surface area contributed by atoms with Crippen molar-refractivity contribution in [1.29, 1.82) is 0 Å². The molecule has 28 heavy (non-hydrogen) atoms. The number of hydrogen-bond acceptors (Lipinski definition) is 4. The minimum absolute atomic E-state index is 0.0504. The zero-order valence-electron chi connectivity index (χ0n) is 17.0. The summed E-state index contributed by atoms with van der Waals surface area (Å²) in [5.74, 6) is 0.802. The summed E-state index contributed by atoms with van der Waals surface area (Å²) in [6.07, 6.45) is 3.59. The van der Waals surface area contributed by atoms with Crippen molar-refractivity contribution in [3.63, 3.8) is 0 Å². The average molecular weight is 384 g/mol. The molecule has 0 radical (unpaired) electrons. The maximum atomic E-state index is 12.7. The van der Waals surface area contributed by atoms with E-state index in [4.69, 9.17) is 0 Å². The number of nitrogens with one attached hydrogen (secondary N) is 1. The van der Waals surface area contributed by atoms with Crippen LogP contribution in [0.1, 0.15) is 11.6 Å². The number of hydrogen-bond donors (Lipinski definition) is 1. The molecule has 1 aromatic heterocycles. The van der Waals surface area contributed by atoms with E-state index >= 15 is 0 Å². The Hall–Kier alpha value is -2.87. The molecule has 2 heterocycles. The van der Waals surface area contributed by atoms with Gasteiger partial charge in [0.05, 0.1) is 17.9 Å². The first-order valence-corrected chi connectivity index (χ1v) is 9.45. The van der Waals surface area contributed by atoms with E-state index < -0.39 is 0 Å². The highest BCUT2D eigenvalue weighted by molar-refractivity contribution is 5.98. The lowest BCUT2D eigenvalue weighted by Gasteiger charge is -2.36. The highest BCUT2D eigenvalue weighted by Crippen LogP contribution is 2.18. The Labute approximate surface area is 166 Å². The SMILES string of the molecule is CN=C(NCC(c1ccccc1)N(C)C)N1CCN(c2cnn(C)c2)C(=O)C1. The quantitative estimate of drug-likeness (QED) is 0.615. The molecular formula is C20H29N7O. The first-order chi connectivity index (χ1) is 13.5. The number of aliphatic imine (C=N–C) groups is 1. The molecule has 1 aromatic carbocycles. The van der Waals surface area contributed by atoms with Crippen molar-refractivity contribution in [3.8, 4) is 0 Å². The molecule has 3 rings (SSSR count). The van der Waals surface area contributed by atoms with Crippen LogP contribution in [0.5, 0.6) is 0 Å². The predicted molar refractivity (Wildman–Crippen MR) is 111 cm³/mol. The number of piperazine rings is 1. The number of carbonyl (C=O) groups is 1. The molecule has 1 unspecified atom stereocenters. The number of rotatable bonds is 5.